The second-order valence-electron chi connectivity index (χ2n) is 4.77. The van der Waals surface area contributed by atoms with Gasteiger partial charge >= 0.3 is 5.97 Å². The normalized spacial score (nSPS) is 36.3. The number of hydrogen-bond donors (Lipinski definition) is 1. The van der Waals surface area contributed by atoms with Gasteiger partial charge in [-0.25, -0.2) is 0 Å². The molecule has 0 aliphatic heterocycles. The molecule has 1 aliphatic carbocycles. The van der Waals surface area contributed by atoms with Crippen LogP contribution in [0.2, 0.25) is 0 Å². The molecule has 3 nitrogen and oxygen atoms in total. The summed E-state index contributed by atoms with van der Waals surface area (Å²) in [6.45, 7) is 7.25. The largest absolute Gasteiger partial charge is 0.468 e. The molecule has 3 atom stereocenters. The van der Waals surface area contributed by atoms with E-state index >= 15 is 0 Å². The van der Waals surface area contributed by atoms with Crippen LogP contribution in [0, 0.1) is 11.8 Å². The summed E-state index contributed by atoms with van der Waals surface area (Å²) in [6, 6.07) is 0. The van der Waals surface area contributed by atoms with Gasteiger partial charge in [-0.15, -0.1) is 0 Å². The number of likely N-dealkylation sites (N-methyl/N-ethyl adjacent to an activating group) is 1. The molecule has 0 aromatic rings. The zero-order chi connectivity index (χ0) is 11.5. The van der Waals surface area contributed by atoms with Crippen LogP contribution in [0.3, 0.4) is 0 Å². The van der Waals surface area contributed by atoms with Gasteiger partial charge in [0.2, 0.25) is 0 Å². The van der Waals surface area contributed by atoms with Gasteiger partial charge in [-0.3, -0.25) is 4.79 Å². The Morgan fingerprint density at radius 3 is 2.67 bits per heavy atom. The van der Waals surface area contributed by atoms with Crippen LogP contribution in [-0.4, -0.2) is 25.2 Å². The quantitative estimate of drug-likeness (QED) is 0.728. The van der Waals surface area contributed by atoms with Crippen molar-refractivity contribution in [2.45, 2.75) is 45.6 Å². The number of esters is 1. The number of ether oxygens (including phenoxy) is 1. The van der Waals surface area contributed by atoms with E-state index in [0.717, 1.165) is 31.7 Å². The fraction of sp³-hybridized carbons (Fsp3) is 0.917. The maximum Gasteiger partial charge on any atom is 0.326 e. The molecule has 88 valence electrons. The van der Waals surface area contributed by atoms with Crippen molar-refractivity contribution in [3.05, 3.63) is 0 Å². The van der Waals surface area contributed by atoms with Crippen LogP contribution < -0.4 is 5.32 Å². The lowest BCUT2D eigenvalue weighted by Gasteiger charge is -2.42. The molecule has 0 aromatic carbocycles. The second kappa shape index (κ2) is 4.97. The third-order valence-corrected chi connectivity index (χ3v) is 3.67. The summed E-state index contributed by atoms with van der Waals surface area (Å²) >= 11 is 0. The predicted octanol–water partition coefficient (Wildman–Crippen LogP) is 1.96. The minimum Gasteiger partial charge on any atom is -0.468 e. The molecule has 1 rings (SSSR count). The summed E-state index contributed by atoms with van der Waals surface area (Å²) in [5, 5.41) is 3.34. The Balaban J connectivity index is 2.84. The monoisotopic (exact) mass is 213 g/mol. The van der Waals surface area contributed by atoms with Gasteiger partial charge in [-0.1, -0.05) is 20.8 Å². The fourth-order valence-electron chi connectivity index (χ4n) is 2.78. The highest BCUT2D eigenvalue weighted by atomic mass is 16.5. The third-order valence-electron chi connectivity index (χ3n) is 3.67. The average Bonchev–Trinajstić information content (AvgIpc) is 2.21. The van der Waals surface area contributed by atoms with E-state index in [4.69, 9.17) is 4.74 Å². The van der Waals surface area contributed by atoms with E-state index in [1.807, 2.05) is 6.92 Å². The Hall–Kier alpha value is -0.570. The van der Waals surface area contributed by atoms with Crippen molar-refractivity contribution in [1.29, 1.82) is 0 Å². The van der Waals surface area contributed by atoms with Gasteiger partial charge in [0.15, 0.2) is 0 Å². The van der Waals surface area contributed by atoms with Gasteiger partial charge < -0.3 is 10.1 Å². The molecular weight excluding hydrogens is 190 g/mol. The van der Waals surface area contributed by atoms with E-state index in [1.54, 1.807) is 0 Å². The molecule has 1 aliphatic rings. The molecule has 1 N–H and O–H groups in total. The third kappa shape index (κ3) is 2.33. The number of methoxy groups -OCH3 is 1. The molecule has 1 fully saturated rings. The zero-order valence-corrected chi connectivity index (χ0v) is 10.3. The van der Waals surface area contributed by atoms with Gasteiger partial charge in [0.25, 0.3) is 0 Å². The maximum absolute atomic E-state index is 11.9. The average molecular weight is 213 g/mol. The van der Waals surface area contributed by atoms with Gasteiger partial charge in [0, 0.05) is 0 Å². The number of carbonyl (C=O) groups excluding carboxylic acids is 1. The Kier molecular flexibility index (Phi) is 4.14. The summed E-state index contributed by atoms with van der Waals surface area (Å²) in [6.07, 6.45) is 3.10. The molecular formula is C12H23NO2. The van der Waals surface area contributed by atoms with Gasteiger partial charge in [0.05, 0.1) is 7.11 Å². The van der Waals surface area contributed by atoms with Crippen LogP contribution in [0.25, 0.3) is 0 Å². The lowest BCUT2D eigenvalue weighted by atomic mass is 9.70. The lowest BCUT2D eigenvalue weighted by Crippen LogP contribution is -2.59. The highest BCUT2D eigenvalue weighted by molar-refractivity contribution is 5.81. The lowest BCUT2D eigenvalue weighted by molar-refractivity contribution is -0.153. The van der Waals surface area contributed by atoms with Crippen LogP contribution in [-0.2, 0) is 9.53 Å². The second-order valence-corrected chi connectivity index (χ2v) is 4.77. The number of rotatable bonds is 3. The Labute approximate surface area is 92.6 Å². The van der Waals surface area contributed by atoms with Crippen molar-refractivity contribution in [2.24, 2.45) is 11.8 Å². The van der Waals surface area contributed by atoms with E-state index in [9.17, 15) is 4.79 Å². The van der Waals surface area contributed by atoms with Crippen molar-refractivity contribution in [1.82, 2.24) is 5.32 Å². The van der Waals surface area contributed by atoms with Crippen LogP contribution in [0.15, 0.2) is 0 Å². The molecule has 15 heavy (non-hydrogen) atoms. The first-order valence-electron chi connectivity index (χ1n) is 5.90. The Morgan fingerprint density at radius 1 is 1.53 bits per heavy atom. The number of hydrogen-bond acceptors (Lipinski definition) is 3. The summed E-state index contributed by atoms with van der Waals surface area (Å²) in [5.41, 5.74) is -0.435. The van der Waals surface area contributed by atoms with Gasteiger partial charge in [0.1, 0.15) is 5.54 Å². The molecule has 0 radical (unpaired) electrons. The Morgan fingerprint density at radius 2 is 2.20 bits per heavy atom. The molecule has 0 heterocycles. The van der Waals surface area contributed by atoms with E-state index < -0.39 is 5.54 Å². The van der Waals surface area contributed by atoms with Crippen molar-refractivity contribution in [2.75, 3.05) is 13.7 Å². The number of carbonyl (C=O) groups is 1. The minimum absolute atomic E-state index is 0.0937. The molecule has 1 saturated carbocycles. The summed E-state index contributed by atoms with van der Waals surface area (Å²) in [7, 11) is 1.48. The van der Waals surface area contributed by atoms with E-state index in [0.29, 0.717) is 5.92 Å². The SMILES string of the molecule is CCNC1(C(=O)OC)CCC(C)CC1C. The highest BCUT2D eigenvalue weighted by Gasteiger charge is 2.46. The summed E-state index contributed by atoms with van der Waals surface area (Å²) in [5.74, 6) is 0.980. The predicted molar refractivity (Wildman–Crippen MR) is 60.6 cm³/mol. The summed E-state index contributed by atoms with van der Waals surface area (Å²) < 4.78 is 4.95. The molecule has 3 heteroatoms. The van der Waals surface area contributed by atoms with Crippen molar-refractivity contribution >= 4 is 5.97 Å². The molecule has 3 unspecified atom stereocenters. The number of nitrogens with one attached hydrogen (secondary N) is 1. The van der Waals surface area contributed by atoms with E-state index in [1.165, 1.54) is 7.11 Å². The molecule has 0 aromatic heterocycles. The van der Waals surface area contributed by atoms with Gasteiger partial charge in [-0.2, -0.15) is 0 Å². The molecule has 0 amide bonds. The standard InChI is InChI=1S/C12H23NO2/c1-5-13-12(11(14)15-4)7-6-9(2)8-10(12)3/h9-10,13H,5-8H2,1-4H3. The molecule has 0 spiro atoms. The first-order valence-corrected chi connectivity index (χ1v) is 5.90. The topological polar surface area (TPSA) is 38.3 Å². The Bertz CT molecular complexity index is 230. The van der Waals surface area contributed by atoms with Crippen LogP contribution in [0.5, 0.6) is 0 Å². The zero-order valence-electron chi connectivity index (χ0n) is 10.3. The van der Waals surface area contributed by atoms with Crippen molar-refractivity contribution in [3.63, 3.8) is 0 Å². The maximum atomic E-state index is 11.9. The van der Waals surface area contributed by atoms with E-state index in [2.05, 4.69) is 19.2 Å². The first-order chi connectivity index (χ1) is 7.06. The molecule has 0 bridgehead atoms. The minimum atomic E-state index is -0.435. The molecule has 0 saturated heterocycles. The first kappa shape index (κ1) is 12.5. The van der Waals surface area contributed by atoms with Gasteiger partial charge in [-0.05, 0) is 37.6 Å². The van der Waals surface area contributed by atoms with Crippen molar-refractivity contribution in [3.8, 4) is 0 Å². The smallest absolute Gasteiger partial charge is 0.326 e. The van der Waals surface area contributed by atoms with Crippen molar-refractivity contribution < 1.29 is 9.53 Å². The highest BCUT2D eigenvalue weighted by Crippen LogP contribution is 2.37. The van der Waals surface area contributed by atoms with Crippen LogP contribution >= 0.6 is 0 Å². The van der Waals surface area contributed by atoms with Crippen LogP contribution in [0.1, 0.15) is 40.0 Å². The summed E-state index contributed by atoms with van der Waals surface area (Å²) in [4.78, 5) is 11.9. The van der Waals surface area contributed by atoms with E-state index in [-0.39, 0.29) is 5.97 Å². The van der Waals surface area contributed by atoms with Crippen LogP contribution in [0.4, 0.5) is 0 Å². The fourth-order valence-corrected chi connectivity index (χ4v) is 2.78.